The Labute approximate surface area is 79.2 Å². The predicted molar refractivity (Wildman–Crippen MR) is 44.4 cm³/mol. The van der Waals surface area contributed by atoms with Gasteiger partial charge in [0.2, 0.25) is 0 Å². The Morgan fingerprint density at radius 2 is 2.14 bits per heavy atom. The van der Waals surface area contributed by atoms with Crippen LogP contribution in [0.4, 0.5) is 8.78 Å². The highest BCUT2D eigenvalue weighted by Crippen LogP contribution is 2.16. The summed E-state index contributed by atoms with van der Waals surface area (Å²) < 4.78 is 32.1. The first-order valence-electron chi connectivity index (χ1n) is 3.76. The van der Waals surface area contributed by atoms with E-state index in [0.29, 0.717) is 0 Å². The second kappa shape index (κ2) is 4.55. The van der Waals surface area contributed by atoms with Gasteiger partial charge in [-0.15, -0.1) is 0 Å². The van der Waals surface area contributed by atoms with E-state index in [0.717, 1.165) is 0 Å². The van der Waals surface area contributed by atoms with E-state index in [2.05, 4.69) is 9.47 Å². The molecule has 0 saturated carbocycles. The summed E-state index contributed by atoms with van der Waals surface area (Å²) in [7, 11) is 1.21. The zero-order chi connectivity index (χ0) is 10.6. The van der Waals surface area contributed by atoms with Gasteiger partial charge in [-0.3, -0.25) is 0 Å². The number of ether oxygens (including phenoxy) is 2. The average Bonchev–Trinajstić information content (AvgIpc) is 2.16. The van der Waals surface area contributed by atoms with Crippen molar-refractivity contribution in [2.45, 2.75) is 6.61 Å². The summed E-state index contributed by atoms with van der Waals surface area (Å²) in [5.74, 6) is -0.660. The van der Waals surface area contributed by atoms with Crippen molar-refractivity contribution in [1.82, 2.24) is 0 Å². The minimum absolute atomic E-state index is 0.0668. The summed E-state index contributed by atoms with van der Waals surface area (Å²) in [4.78, 5) is 11.0. The van der Waals surface area contributed by atoms with Gasteiger partial charge in [0.25, 0.3) is 0 Å². The van der Waals surface area contributed by atoms with Gasteiger partial charge in [-0.1, -0.05) is 6.07 Å². The molecule has 1 rings (SSSR count). The van der Waals surface area contributed by atoms with Gasteiger partial charge in [-0.2, -0.15) is 8.78 Å². The molecule has 0 spiro atoms. The van der Waals surface area contributed by atoms with Crippen LogP contribution in [0.1, 0.15) is 10.4 Å². The molecule has 0 heterocycles. The Hall–Kier alpha value is -1.65. The molecule has 0 fully saturated rings. The van der Waals surface area contributed by atoms with E-state index in [1.165, 1.54) is 31.4 Å². The van der Waals surface area contributed by atoms with Gasteiger partial charge in [-0.25, -0.2) is 4.79 Å². The van der Waals surface area contributed by atoms with Crippen molar-refractivity contribution in [1.29, 1.82) is 0 Å². The number of hydrogen-bond acceptors (Lipinski definition) is 3. The molecule has 76 valence electrons. The number of carbonyl (C=O) groups is 1. The molecule has 0 aliphatic carbocycles. The third-order valence-corrected chi connectivity index (χ3v) is 1.48. The Bertz CT molecular complexity index is 326. The topological polar surface area (TPSA) is 35.5 Å². The molecule has 0 unspecified atom stereocenters. The number of halogens is 2. The van der Waals surface area contributed by atoms with Crippen molar-refractivity contribution in [2.75, 3.05) is 7.11 Å². The standard InChI is InChI=1S/C9H8F2O3/c1-13-8(12)6-3-2-4-7(5-6)14-9(10)11/h2-5,9H,1H3. The van der Waals surface area contributed by atoms with Gasteiger partial charge in [0.05, 0.1) is 12.7 Å². The molecule has 0 amide bonds. The van der Waals surface area contributed by atoms with Crippen LogP contribution < -0.4 is 4.74 Å². The third kappa shape index (κ3) is 2.69. The van der Waals surface area contributed by atoms with Crippen LogP contribution in [0, 0.1) is 0 Å². The van der Waals surface area contributed by atoms with Crippen LogP contribution in [0.15, 0.2) is 24.3 Å². The summed E-state index contributed by atoms with van der Waals surface area (Å²) >= 11 is 0. The molecule has 1 aromatic rings. The molecular formula is C9H8F2O3. The average molecular weight is 202 g/mol. The number of alkyl halides is 2. The molecule has 0 saturated heterocycles. The van der Waals surface area contributed by atoms with Crippen LogP contribution >= 0.6 is 0 Å². The van der Waals surface area contributed by atoms with Gasteiger partial charge in [-0.05, 0) is 18.2 Å². The maximum Gasteiger partial charge on any atom is 0.387 e. The van der Waals surface area contributed by atoms with E-state index in [-0.39, 0.29) is 11.3 Å². The Balaban J connectivity index is 2.84. The van der Waals surface area contributed by atoms with Gasteiger partial charge in [0.15, 0.2) is 0 Å². The number of benzene rings is 1. The molecule has 0 aromatic heterocycles. The normalized spacial score (nSPS) is 10.0. The fourth-order valence-electron chi connectivity index (χ4n) is 0.917. The highest BCUT2D eigenvalue weighted by atomic mass is 19.3. The van der Waals surface area contributed by atoms with E-state index in [1.807, 2.05) is 0 Å². The smallest absolute Gasteiger partial charge is 0.387 e. The van der Waals surface area contributed by atoms with Crippen molar-refractivity contribution >= 4 is 5.97 Å². The van der Waals surface area contributed by atoms with Crippen LogP contribution in [0.25, 0.3) is 0 Å². The number of carbonyl (C=O) groups excluding carboxylic acids is 1. The van der Waals surface area contributed by atoms with Gasteiger partial charge < -0.3 is 9.47 Å². The Morgan fingerprint density at radius 1 is 1.43 bits per heavy atom. The van der Waals surface area contributed by atoms with Gasteiger partial charge >= 0.3 is 12.6 Å². The molecule has 0 N–H and O–H groups in total. The summed E-state index contributed by atoms with van der Waals surface area (Å²) in [5, 5.41) is 0. The second-order valence-corrected chi connectivity index (χ2v) is 2.40. The quantitative estimate of drug-likeness (QED) is 0.704. The minimum Gasteiger partial charge on any atom is -0.465 e. The fourth-order valence-corrected chi connectivity index (χ4v) is 0.917. The maximum absolute atomic E-state index is 11.8. The number of methoxy groups -OCH3 is 1. The zero-order valence-corrected chi connectivity index (χ0v) is 7.37. The minimum atomic E-state index is -2.90. The van der Waals surface area contributed by atoms with Crippen molar-refractivity contribution in [3.05, 3.63) is 29.8 Å². The molecule has 1 aromatic carbocycles. The van der Waals surface area contributed by atoms with E-state index in [1.54, 1.807) is 0 Å². The first-order valence-corrected chi connectivity index (χ1v) is 3.76. The first kappa shape index (κ1) is 10.4. The van der Waals surface area contributed by atoms with Crippen molar-refractivity contribution in [3.63, 3.8) is 0 Å². The molecule has 0 atom stereocenters. The van der Waals surface area contributed by atoms with E-state index >= 15 is 0 Å². The van der Waals surface area contributed by atoms with Gasteiger partial charge in [0.1, 0.15) is 5.75 Å². The number of rotatable bonds is 3. The highest BCUT2D eigenvalue weighted by molar-refractivity contribution is 5.89. The highest BCUT2D eigenvalue weighted by Gasteiger charge is 2.08. The Kier molecular flexibility index (Phi) is 3.39. The molecule has 0 radical (unpaired) electrons. The fraction of sp³-hybridized carbons (Fsp3) is 0.222. The molecule has 0 aliphatic rings. The lowest BCUT2D eigenvalue weighted by Gasteiger charge is -2.05. The van der Waals surface area contributed by atoms with Crippen molar-refractivity contribution in [3.8, 4) is 5.75 Å². The molecule has 0 bridgehead atoms. The number of hydrogen-bond donors (Lipinski definition) is 0. The van der Waals surface area contributed by atoms with E-state index < -0.39 is 12.6 Å². The summed E-state index contributed by atoms with van der Waals surface area (Å²) in [6.45, 7) is -2.90. The summed E-state index contributed by atoms with van der Waals surface area (Å²) in [6.07, 6.45) is 0. The number of esters is 1. The van der Waals surface area contributed by atoms with Crippen molar-refractivity contribution < 1.29 is 23.0 Å². The Morgan fingerprint density at radius 3 is 2.71 bits per heavy atom. The summed E-state index contributed by atoms with van der Waals surface area (Å²) in [6, 6.07) is 5.41. The monoisotopic (exact) mass is 202 g/mol. The molecule has 0 aliphatic heterocycles. The SMILES string of the molecule is COC(=O)c1cccc(OC(F)F)c1. The zero-order valence-electron chi connectivity index (χ0n) is 7.37. The van der Waals surface area contributed by atoms with E-state index in [9.17, 15) is 13.6 Å². The lowest BCUT2D eigenvalue weighted by molar-refractivity contribution is -0.0499. The molecule has 14 heavy (non-hydrogen) atoms. The predicted octanol–water partition coefficient (Wildman–Crippen LogP) is 2.07. The first-order chi connectivity index (χ1) is 6.63. The second-order valence-electron chi connectivity index (χ2n) is 2.40. The largest absolute Gasteiger partial charge is 0.465 e. The van der Waals surface area contributed by atoms with Gasteiger partial charge in [0, 0.05) is 0 Å². The summed E-state index contributed by atoms with van der Waals surface area (Å²) in [5.41, 5.74) is 0.172. The van der Waals surface area contributed by atoms with Crippen LogP contribution in [-0.4, -0.2) is 19.7 Å². The molecular weight excluding hydrogens is 194 g/mol. The lowest BCUT2D eigenvalue weighted by atomic mass is 10.2. The van der Waals surface area contributed by atoms with Crippen LogP contribution in [0.3, 0.4) is 0 Å². The van der Waals surface area contributed by atoms with Crippen molar-refractivity contribution in [2.24, 2.45) is 0 Å². The molecule has 5 heteroatoms. The van der Waals surface area contributed by atoms with E-state index in [4.69, 9.17) is 0 Å². The van der Waals surface area contributed by atoms with Crippen LogP contribution in [0.2, 0.25) is 0 Å². The van der Waals surface area contributed by atoms with Crippen LogP contribution in [0.5, 0.6) is 5.75 Å². The maximum atomic E-state index is 11.8. The molecule has 3 nitrogen and oxygen atoms in total. The van der Waals surface area contributed by atoms with Crippen LogP contribution in [-0.2, 0) is 4.74 Å². The lowest BCUT2D eigenvalue weighted by Crippen LogP contribution is -2.04. The third-order valence-electron chi connectivity index (χ3n) is 1.48.